The standard InChI is InChI=1S/C23H22N4O2S/c1-13-6-9-17(10-7-13)20-22-21(24-16(4)30-22)23(29)27(26-20)12-19(28)25-18-11-14(2)5-8-15(18)3/h5-11H,12H2,1-4H3,(H,25,28). The Bertz CT molecular complexity index is 1320. The highest BCUT2D eigenvalue weighted by Crippen LogP contribution is 2.29. The first-order valence-electron chi connectivity index (χ1n) is 9.64. The molecule has 4 rings (SSSR count). The minimum atomic E-state index is -0.360. The second-order valence-corrected chi connectivity index (χ2v) is 8.66. The van der Waals surface area contributed by atoms with Crippen LogP contribution in [-0.4, -0.2) is 20.7 Å². The van der Waals surface area contributed by atoms with Crippen molar-refractivity contribution in [2.45, 2.75) is 34.2 Å². The molecule has 2 aromatic heterocycles. The molecule has 152 valence electrons. The van der Waals surface area contributed by atoms with Gasteiger partial charge in [-0.1, -0.05) is 42.0 Å². The summed E-state index contributed by atoms with van der Waals surface area (Å²) < 4.78 is 1.95. The van der Waals surface area contributed by atoms with Crippen molar-refractivity contribution in [1.82, 2.24) is 14.8 Å². The van der Waals surface area contributed by atoms with Gasteiger partial charge in [0, 0.05) is 11.3 Å². The number of anilines is 1. The third-order valence-corrected chi connectivity index (χ3v) is 5.87. The highest BCUT2D eigenvalue weighted by atomic mass is 32.1. The molecule has 2 aromatic carbocycles. The highest BCUT2D eigenvalue weighted by molar-refractivity contribution is 7.19. The fourth-order valence-electron chi connectivity index (χ4n) is 3.27. The molecule has 2 heterocycles. The average molecular weight is 419 g/mol. The van der Waals surface area contributed by atoms with E-state index in [9.17, 15) is 9.59 Å². The minimum Gasteiger partial charge on any atom is -0.324 e. The molecule has 0 aliphatic heterocycles. The van der Waals surface area contributed by atoms with Gasteiger partial charge in [-0.05, 0) is 44.9 Å². The maximum Gasteiger partial charge on any atom is 0.294 e. The number of thiazole rings is 1. The lowest BCUT2D eigenvalue weighted by Gasteiger charge is -2.11. The van der Waals surface area contributed by atoms with Crippen molar-refractivity contribution >= 4 is 33.1 Å². The van der Waals surface area contributed by atoms with Gasteiger partial charge in [0.05, 0.1) is 9.71 Å². The van der Waals surface area contributed by atoms with E-state index in [1.54, 1.807) is 0 Å². The Hall–Kier alpha value is -3.32. The van der Waals surface area contributed by atoms with Crippen molar-refractivity contribution in [2.24, 2.45) is 0 Å². The molecule has 0 aliphatic carbocycles. The van der Waals surface area contributed by atoms with Crippen molar-refractivity contribution in [3.05, 3.63) is 74.5 Å². The molecule has 0 saturated heterocycles. The third kappa shape index (κ3) is 3.89. The third-order valence-electron chi connectivity index (χ3n) is 4.89. The molecule has 0 saturated carbocycles. The van der Waals surface area contributed by atoms with Crippen LogP contribution in [0, 0.1) is 27.7 Å². The predicted molar refractivity (Wildman–Crippen MR) is 121 cm³/mol. The fourth-order valence-corrected chi connectivity index (χ4v) is 4.19. The number of hydrogen-bond donors (Lipinski definition) is 1. The summed E-state index contributed by atoms with van der Waals surface area (Å²) in [5, 5.41) is 8.23. The van der Waals surface area contributed by atoms with E-state index < -0.39 is 0 Å². The van der Waals surface area contributed by atoms with E-state index in [1.165, 1.54) is 16.0 Å². The molecule has 1 amide bonds. The first kappa shape index (κ1) is 20.0. The van der Waals surface area contributed by atoms with E-state index in [1.807, 2.05) is 70.2 Å². The number of aromatic nitrogens is 3. The average Bonchev–Trinajstić information content (AvgIpc) is 3.10. The summed E-state index contributed by atoms with van der Waals surface area (Å²) in [6, 6.07) is 13.8. The van der Waals surface area contributed by atoms with Crippen LogP contribution in [0.5, 0.6) is 0 Å². The van der Waals surface area contributed by atoms with Gasteiger partial charge < -0.3 is 5.32 Å². The van der Waals surface area contributed by atoms with Crippen molar-refractivity contribution in [2.75, 3.05) is 5.32 Å². The Balaban J connectivity index is 1.74. The molecule has 4 aromatic rings. The summed E-state index contributed by atoms with van der Waals surface area (Å²) in [4.78, 5) is 30.1. The van der Waals surface area contributed by atoms with Crippen LogP contribution in [-0.2, 0) is 11.3 Å². The maximum atomic E-state index is 13.0. The normalized spacial score (nSPS) is 11.1. The molecule has 0 radical (unpaired) electrons. The van der Waals surface area contributed by atoms with E-state index in [4.69, 9.17) is 0 Å². The van der Waals surface area contributed by atoms with Crippen LogP contribution >= 0.6 is 11.3 Å². The molecule has 0 spiro atoms. The molecular weight excluding hydrogens is 396 g/mol. The fraction of sp³-hybridized carbons (Fsp3) is 0.217. The lowest BCUT2D eigenvalue weighted by atomic mass is 10.1. The molecular formula is C23H22N4O2S. The monoisotopic (exact) mass is 418 g/mol. The second-order valence-electron chi connectivity index (χ2n) is 7.45. The summed E-state index contributed by atoms with van der Waals surface area (Å²) >= 11 is 1.44. The smallest absolute Gasteiger partial charge is 0.294 e. The Kier molecular flexibility index (Phi) is 5.22. The van der Waals surface area contributed by atoms with Crippen molar-refractivity contribution in [3.8, 4) is 11.3 Å². The van der Waals surface area contributed by atoms with Crippen molar-refractivity contribution in [3.63, 3.8) is 0 Å². The number of benzene rings is 2. The maximum absolute atomic E-state index is 13.0. The van der Waals surface area contributed by atoms with Crippen molar-refractivity contribution < 1.29 is 4.79 Å². The van der Waals surface area contributed by atoms with E-state index >= 15 is 0 Å². The van der Waals surface area contributed by atoms with Crippen LogP contribution in [0.1, 0.15) is 21.7 Å². The van der Waals surface area contributed by atoms with Gasteiger partial charge in [0.15, 0.2) is 5.52 Å². The van der Waals surface area contributed by atoms with Crippen LogP contribution in [0.3, 0.4) is 0 Å². The molecule has 7 heteroatoms. The Morgan fingerprint density at radius 3 is 2.47 bits per heavy atom. The number of rotatable bonds is 4. The lowest BCUT2D eigenvalue weighted by molar-refractivity contribution is -0.117. The van der Waals surface area contributed by atoms with E-state index in [-0.39, 0.29) is 18.0 Å². The van der Waals surface area contributed by atoms with Gasteiger partial charge in [0.1, 0.15) is 12.2 Å². The molecule has 0 unspecified atom stereocenters. The lowest BCUT2D eigenvalue weighted by Crippen LogP contribution is -2.30. The quantitative estimate of drug-likeness (QED) is 0.533. The van der Waals surface area contributed by atoms with Crippen LogP contribution in [0.4, 0.5) is 5.69 Å². The van der Waals surface area contributed by atoms with E-state index in [2.05, 4.69) is 15.4 Å². The number of carbonyl (C=O) groups is 1. The summed E-state index contributed by atoms with van der Waals surface area (Å²) in [7, 11) is 0. The molecule has 30 heavy (non-hydrogen) atoms. The van der Waals surface area contributed by atoms with Gasteiger partial charge in [-0.2, -0.15) is 5.10 Å². The summed E-state index contributed by atoms with van der Waals surface area (Å²) in [5.41, 5.74) is 5.41. The van der Waals surface area contributed by atoms with E-state index in [0.29, 0.717) is 11.2 Å². The molecule has 6 nitrogen and oxygen atoms in total. The molecule has 0 fully saturated rings. The summed E-state index contributed by atoms with van der Waals surface area (Å²) in [5.74, 6) is -0.306. The zero-order chi connectivity index (χ0) is 21.4. The minimum absolute atomic E-state index is 0.183. The second kappa shape index (κ2) is 7.84. The molecule has 0 atom stereocenters. The number of amides is 1. The zero-order valence-corrected chi connectivity index (χ0v) is 18.1. The predicted octanol–water partition coefficient (Wildman–Crippen LogP) is 4.39. The number of hydrogen-bond acceptors (Lipinski definition) is 5. The van der Waals surface area contributed by atoms with E-state index in [0.717, 1.165) is 37.6 Å². The molecule has 0 bridgehead atoms. The number of nitrogens with one attached hydrogen (secondary N) is 1. The summed E-state index contributed by atoms with van der Waals surface area (Å²) in [6.45, 7) is 7.59. The van der Waals surface area contributed by atoms with Gasteiger partial charge >= 0.3 is 0 Å². The first-order valence-corrected chi connectivity index (χ1v) is 10.5. The van der Waals surface area contributed by atoms with Crippen molar-refractivity contribution in [1.29, 1.82) is 0 Å². The Labute approximate surface area is 178 Å². The number of aryl methyl sites for hydroxylation is 4. The highest BCUT2D eigenvalue weighted by Gasteiger charge is 2.18. The van der Waals surface area contributed by atoms with Crippen LogP contribution in [0.15, 0.2) is 47.3 Å². The van der Waals surface area contributed by atoms with Gasteiger partial charge in [0.25, 0.3) is 5.56 Å². The van der Waals surface area contributed by atoms with Gasteiger partial charge in [0.2, 0.25) is 5.91 Å². The number of nitrogens with zero attached hydrogens (tertiary/aromatic N) is 3. The number of fused-ring (bicyclic) bond motifs is 1. The molecule has 1 N–H and O–H groups in total. The van der Waals surface area contributed by atoms with Gasteiger partial charge in [-0.3, -0.25) is 9.59 Å². The SMILES string of the molecule is Cc1ccc(-c2nn(CC(=O)Nc3cc(C)ccc3C)c(=O)c3nc(C)sc23)cc1. The van der Waals surface area contributed by atoms with Gasteiger partial charge in [-0.25, -0.2) is 9.67 Å². The summed E-state index contributed by atoms with van der Waals surface area (Å²) in [6.07, 6.45) is 0. The first-order chi connectivity index (χ1) is 14.3. The molecule has 0 aliphatic rings. The van der Waals surface area contributed by atoms with Crippen LogP contribution in [0.25, 0.3) is 21.5 Å². The van der Waals surface area contributed by atoms with Gasteiger partial charge in [-0.15, -0.1) is 11.3 Å². The Morgan fingerprint density at radius 1 is 1.03 bits per heavy atom. The number of carbonyl (C=O) groups excluding carboxylic acids is 1. The van der Waals surface area contributed by atoms with Crippen LogP contribution in [0.2, 0.25) is 0 Å². The zero-order valence-electron chi connectivity index (χ0n) is 17.3. The topological polar surface area (TPSA) is 76.9 Å². The Morgan fingerprint density at radius 2 is 1.73 bits per heavy atom. The van der Waals surface area contributed by atoms with Crippen LogP contribution < -0.4 is 10.9 Å². The largest absolute Gasteiger partial charge is 0.324 e.